The third kappa shape index (κ3) is 3.18. The fourth-order valence-corrected chi connectivity index (χ4v) is 0.489. The van der Waals surface area contributed by atoms with E-state index in [1.165, 1.54) is 12.3 Å². The van der Waals surface area contributed by atoms with Crippen LogP contribution in [0.1, 0.15) is 11.9 Å². The van der Waals surface area contributed by atoms with Gasteiger partial charge in [0.2, 0.25) is 0 Å². The number of carboxylic acids is 1. The molecule has 0 fully saturated rings. The van der Waals surface area contributed by atoms with Gasteiger partial charge < -0.3 is 6.53 Å². The van der Waals surface area contributed by atoms with E-state index in [0.717, 1.165) is 0 Å². The summed E-state index contributed by atoms with van der Waals surface area (Å²) in [4.78, 5) is 13.7. The summed E-state index contributed by atoms with van der Waals surface area (Å²) in [6.07, 6.45) is 1.45. The zero-order valence-corrected chi connectivity index (χ0v) is 11.9. The Hall–Kier alpha value is 0.672. The fourth-order valence-electron chi connectivity index (χ4n) is 0.489. The number of rotatable bonds is 1. The molecule has 0 bridgehead atoms. The molecule has 48 valence electrons. The smallest absolute Gasteiger partial charge is 1.00 e. The van der Waals surface area contributed by atoms with E-state index < -0.39 is 5.97 Å². The topological polar surface area (TPSA) is 50.2 Å². The van der Waals surface area contributed by atoms with Crippen LogP contribution in [0.3, 0.4) is 0 Å². The first-order chi connectivity index (χ1) is 4.30. The second-order valence-corrected chi connectivity index (χ2v) is 1.52. The van der Waals surface area contributed by atoms with Gasteiger partial charge in [0.1, 0.15) is 5.69 Å². The Labute approximate surface area is 119 Å². The standard InChI is InChI=1S/C6H5NO2.Cs.H/c8-6(9)5-3-1-2-4-7-5;;/h1-4H,(H,8,9);;/q;+1;-1. The molecule has 0 amide bonds. The molecule has 1 aromatic heterocycles. The normalized spacial score (nSPS) is 8.00. The Morgan fingerprint density at radius 1 is 1.60 bits per heavy atom. The molecule has 0 aromatic carbocycles. The number of pyridine rings is 1. The van der Waals surface area contributed by atoms with Crippen LogP contribution in [-0.2, 0) is 0 Å². The number of hydrogen-bond donors (Lipinski definition) is 1. The van der Waals surface area contributed by atoms with Crippen LogP contribution in [-0.4, -0.2) is 16.1 Å². The first kappa shape index (κ1) is 10.7. The average molecular weight is 257 g/mol. The van der Waals surface area contributed by atoms with Gasteiger partial charge in [-0.3, -0.25) is 0 Å². The maximum atomic E-state index is 10.1. The Kier molecular flexibility index (Phi) is 5.70. The van der Waals surface area contributed by atoms with E-state index in [-0.39, 0.29) is 76.0 Å². The molecule has 1 rings (SSSR count). The molecule has 0 aliphatic heterocycles. The predicted molar refractivity (Wildman–Crippen MR) is 32.3 cm³/mol. The van der Waals surface area contributed by atoms with Crippen LogP contribution in [0.5, 0.6) is 0 Å². The zero-order valence-electron chi connectivity index (χ0n) is 6.61. The van der Waals surface area contributed by atoms with E-state index >= 15 is 0 Å². The Morgan fingerprint density at radius 3 is 2.60 bits per heavy atom. The van der Waals surface area contributed by atoms with Crippen molar-refractivity contribution in [2.24, 2.45) is 0 Å². The van der Waals surface area contributed by atoms with Gasteiger partial charge in [0, 0.05) is 6.20 Å². The van der Waals surface area contributed by atoms with Crippen LogP contribution in [0.2, 0.25) is 0 Å². The number of carbonyl (C=O) groups is 1. The Balaban J connectivity index is 0. The molecular formula is C6H6CsNO2. The monoisotopic (exact) mass is 257 g/mol. The van der Waals surface area contributed by atoms with Gasteiger partial charge in [0.05, 0.1) is 0 Å². The summed E-state index contributed by atoms with van der Waals surface area (Å²) in [5.74, 6) is -0.990. The van der Waals surface area contributed by atoms with Gasteiger partial charge in [-0.1, -0.05) is 6.07 Å². The van der Waals surface area contributed by atoms with Gasteiger partial charge in [-0.15, -0.1) is 0 Å². The maximum Gasteiger partial charge on any atom is 1.00 e. The third-order valence-corrected chi connectivity index (χ3v) is 0.884. The van der Waals surface area contributed by atoms with Crippen LogP contribution < -0.4 is 68.9 Å². The van der Waals surface area contributed by atoms with Crippen LogP contribution in [0.15, 0.2) is 24.4 Å². The largest absolute Gasteiger partial charge is 1.00 e. The molecular weight excluding hydrogens is 251 g/mol. The first-order valence-electron chi connectivity index (χ1n) is 2.45. The van der Waals surface area contributed by atoms with E-state index in [0.29, 0.717) is 0 Å². The summed E-state index contributed by atoms with van der Waals surface area (Å²) in [5.41, 5.74) is 0.0810. The molecule has 1 aromatic rings. The number of aromatic nitrogens is 1. The number of aromatic carboxylic acids is 1. The van der Waals surface area contributed by atoms with Crippen molar-refractivity contribution < 1.29 is 80.2 Å². The summed E-state index contributed by atoms with van der Waals surface area (Å²) >= 11 is 0. The quantitative estimate of drug-likeness (QED) is 0.626. The van der Waals surface area contributed by atoms with Gasteiger partial charge >= 0.3 is 74.9 Å². The Bertz CT molecular complexity index is 217. The fraction of sp³-hybridized carbons (Fsp3) is 0. The summed E-state index contributed by atoms with van der Waals surface area (Å²) < 4.78 is 0. The zero-order chi connectivity index (χ0) is 6.69. The van der Waals surface area contributed by atoms with E-state index in [4.69, 9.17) is 5.11 Å². The van der Waals surface area contributed by atoms with E-state index in [1.54, 1.807) is 12.1 Å². The van der Waals surface area contributed by atoms with Crippen molar-refractivity contribution in [3.63, 3.8) is 0 Å². The predicted octanol–water partition coefficient (Wildman–Crippen LogP) is -2.10. The Morgan fingerprint density at radius 2 is 2.30 bits per heavy atom. The molecule has 4 heteroatoms. The second-order valence-electron chi connectivity index (χ2n) is 1.52. The number of hydrogen-bond acceptors (Lipinski definition) is 2. The number of nitrogens with zero attached hydrogens (tertiary/aromatic N) is 1. The van der Waals surface area contributed by atoms with Crippen LogP contribution >= 0.6 is 0 Å². The molecule has 0 unspecified atom stereocenters. The molecule has 1 N–H and O–H groups in total. The van der Waals surface area contributed by atoms with Gasteiger partial charge in [-0.2, -0.15) is 0 Å². The second kappa shape index (κ2) is 5.34. The summed E-state index contributed by atoms with van der Waals surface area (Å²) in [7, 11) is 0. The van der Waals surface area contributed by atoms with Gasteiger partial charge in [0.15, 0.2) is 0 Å². The number of carboxylic acid groups (broad SMARTS) is 1. The maximum absolute atomic E-state index is 10.1. The van der Waals surface area contributed by atoms with Gasteiger partial charge in [0.25, 0.3) is 0 Å². The van der Waals surface area contributed by atoms with E-state index in [9.17, 15) is 4.79 Å². The van der Waals surface area contributed by atoms with E-state index in [1.807, 2.05) is 0 Å². The summed E-state index contributed by atoms with van der Waals surface area (Å²) in [6.45, 7) is 0. The minimum atomic E-state index is -0.990. The van der Waals surface area contributed by atoms with Crippen molar-refractivity contribution in [1.82, 2.24) is 4.98 Å². The molecule has 0 saturated carbocycles. The minimum Gasteiger partial charge on any atom is -1.00 e. The van der Waals surface area contributed by atoms with Crippen LogP contribution in [0, 0.1) is 0 Å². The van der Waals surface area contributed by atoms with Crippen LogP contribution in [0.25, 0.3) is 0 Å². The molecule has 0 atom stereocenters. The molecule has 1 heterocycles. The summed E-state index contributed by atoms with van der Waals surface area (Å²) in [5, 5.41) is 8.32. The van der Waals surface area contributed by atoms with Crippen molar-refractivity contribution in [2.45, 2.75) is 0 Å². The first-order valence-corrected chi connectivity index (χ1v) is 2.45. The third-order valence-electron chi connectivity index (χ3n) is 0.884. The molecule has 0 aliphatic rings. The van der Waals surface area contributed by atoms with Gasteiger partial charge in [-0.05, 0) is 12.1 Å². The molecule has 0 radical (unpaired) electrons. The summed E-state index contributed by atoms with van der Waals surface area (Å²) in [6, 6.07) is 4.76. The molecule has 3 nitrogen and oxygen atoms in total. The molecule has 10 heavy (non-hydrogen) atoms. The van der Waals surface area contributed by atoms with Crippen molar-refractivity contribution in [2.75, 3.05) is 0 Å². The SMILES string of the molecule is O=C(O)c1ccccn1.[Cs+].[H-]. The van der Waals surface area contributed by atoms with Crippen molar-refractivity contribution in [3.8, 4) is 0 Å². The van der Waals surface area contributed by atoms with Crippen molar-refractivity contribution in [3.05, 3.63) is 30.1 Å². The minimum absolute atomic E-state index is 0. The molecule has 0 aliphatic carbocycles. The average Bonchev–Trinajstić information content (AvgIpc) is 1.90. The van der Waals surface area contributed by atoms with Crippen LogP contribution in [0.4, 0.5) is 0 Å². The van der Waals surface area contributed by atoms with E-state index in [2.05, 4.69) is 4.98 Å². The van der Waals surface area contributed by atoms with Crippen molar-refractivity contribution in [1.29, 1.82) is 0 Å². The van der Waals surface area contributed by atoms with Gasteiger partial charge in [-0.25, -0.2) is 9.78 Å². The molecule has 0 spiro atoms. The van der Waals surface area contributed by atoms with Crippen molar-refractivity contribution >= 4 is 5.97 Å². The molecule has 0 saturated heterocycles.